The van der Waals surface area contributed by atoms with Crippen LogP contribution in [0, 0.1) is 5.92 Å². The van der Waals surface area contributed by atoms with E-state index in [1.54, 1.807) is 0 Å². The van der Waals surface area contributed by atoms with Crippen molar-refractivity contribution in [1.29, 1.82) is 0 Å². The number of hydrogen-bond donors (Lipinski definition) is 1. The first kappa shape index (κ1) is 26.7. The number of carboxylic acids is 1. The fourth-order valence-electron chi connectivity index (χ4n) is 3.17. The summed E-state index contributed by atoms with van der Waals surface area (Å²) in [6, 6.07) is 0. The van der Waals surface area contributed by atoms with Crippen molar-refractivity contribution in [3.8, 4) is 0 Å². The van der Waals surface area contributed by atoms with E-state index in [0.717, 1.165) is 43.8 Å². The minimum Gasteiger partial charge on any atom is -0.481 e. The number of hydrogen-bond acceptors (Lipinski definition) is 3. The van der Waals surface area contributed by atoms with E-state index in [-0.39, 0.29) is 12.8 Å². The molecule has 4 heteroatoms. The molecule has 0 aliphatic rings. The molecule has 0 aromatic heterocycles. The SMILES string of the molecule is CCCCCCCCCCC=C(CCCCCC(C)C)OC(=O)CCC(=O)O. The molecule has 28 heavy (non-hydrogen) atoms. The lowest BCUT2D eigenvalue weighted by molar-refractivity contribution is -0.145. The second-order valence-corrected chi connectivity index (χ2v) is 8.29. The summed E-state index contributed by atoms with van der Waals surface area (Å²) in [6.45, 7) is 6.71. The maximum atomic E-state index is 11.9. The van der Waals surface area contributed by atoms with E-state index in [4.69, 9.17) is 9.84 Å². The third kappa shape index (κ3) is 19.4. The van der Waals surface area contributed by atoms with Crippen LogP contribution in [0.15, 0.2) is 11.8 Å². The average molecular weight is 397 g/mol. The van der Waals surface area contributed by atoms with E-state index in [1.807, 2.05) is 0 Å². The predicted molar refractivity (Wildman–Crippen MR) is 116 cm³/mol. The third-order valence-corrected chi connectivity index (χ3v) is 4.92. The summed E-state index contributed by atoms with van der Waals surface area (Å²) in [6.07, 6.45) is 18.4. The number of aliphatic carboxylic acids is 1. The first-order valence-corrected chi connectivity index (χ1v) is 11.6. The minimum absolute atomic E-state index is 0.0578. The van der Waals surface area contributed by atoms with Gasteiger partial charge in [-0.3, -0.25) is 9.59 Å². The standard InChI is InChI=1S/C24H44O4/c1-4-5-6-7-8-9-10-11-14-17-22(18-15-12-13-16-21(2)3)28-24(27)20-19-23(25)26/h17,21H,4-16,18-20H2,1-3H3,(H,25,26). The molecule has 0 heterocycles. The Bertz CT molecular complexity index is 426. The van der Waals surface area contributed by atoms with Gasteiger partial charge in [-0.25, -0.2) is 0 Å². The number of unbranched alkanes of at least 4 members (excludes halogenated alkanes) is 10. The van der Waals surface area contributed by atoms with Gasteiger partial charge in [-0.2, -0.15) is 0 Å². The summed E-state index contributed by atoms with van der Waals surface area (Å²) in [7, 11) is 0. The Morgan fingerprint density at radius 1 is 0.821 bits per heavy atom. The van der Waals surface area contributed by atoms with Crippen LogP contribution in [0.5, 0.6) is 0 Å². The van der Waals surface area contributed by atoms with Crippen LogP contribution in [-0.4, -0.2) is 17.0 Å². The fraction of sp³-hybridized carbons (Fsp3) is 0.833. The van der Waals surface area contributed by atoms with Crippen molar-refractivity contribution < 1.29 is 19.4 Å². The van der Waals surface area contributed by atoms with E-state index >= 15 is 0 Å². The van der Waals surface area contributed by atoms with Crippen LogP contribution in [-0.2, 0) is 14.3 Å². The Kier molecular flexibility index (Phi) is 18.1. The van der Waals surface area contributed by atoms with Crippen molar-refractivity contribution in [2.45, 2.75) is 124 Å². The molecule has 0 atom stereocenters. The zero-order valence-electron chi connectivity index (χ0n) is 18.6. The van der Waals surface area contributed by atoms with Gasteiger partial charge in [0.25, 0.3) is 0 Å². The van der Waals surface area contributed by atoms with Gasteiger partial charge in [-0.1, -0.05) is 85.0 Å². The molecule has 0 saturated heterocycles. The van der Waals surface area contributed by atoms with Crippen LogP contribution in [0.3, 0.4) is 0 Å². The van der Waals surface area contributed by atoms with Gasteiger partial charge in [0.2, 0.25) is 0 Å². The fourth-order valence-corrected chi connectivity index (χ4v) is 3.17. The lowest BCUT2D eigenvalue weighted by Gasteiger charge is -2.10. The van der Waals surface area contributed by atoms with Crippen molar-refractivity contribution in [3.05, 3.63) is 11.8 Å². The molecule has 0 aliphatic carbocycles. The molecule has 0 unspecified atom stereocenters. The van der Waals surface area contributed by atoms with Crippen molar-refractivity contribution in [2.75, 3.05) is 0 Å². The number of carbonyl (C=O) groups excluding carboxylic acids is 1. The summed E-state index contributed by atoms with van der Waals surface area (Å²) in [5.74, 6) is 0.0792. The van der Waals surface area contributed by atoms with Crippen LogP contribution < -0.4 is 0 Å². The Balaban J connectivity index is 4.16. The van der Waals surface area contributed by atoms with E-state index < -0.39 is 11.9 Å². The minimum atomic E-state index is -0.963. The highest BCUT2D eigenvalue weighted by atomic mass is 16.5. The number of carboxylic acid groups (broad SMARTS) is 1. The Morgan fingerprint density at radius 3 is 2.04 bits per heavy atom. The maximum absolute atomic E-state index is 11.9. The first-order chi connectivity index (χ1) is 13.5. The largest absolute Gasteiger partial charge is 0.481 e. The summed E-state index contributed by atoms with van der Waals surface area (Å²) < 4.78 is 5.46. The quantitative estimate of drug-likeness (QED) is 0.140. The molecule has 0 fully saturated rings. The lowest BCUT2D eigenvalue weighted by atomic mass is 10.0. The van der Waals surface area contributed by atoms with Crippen LogP contribution in [0.4, 0.5) is 0 Å². The highest BCUT2D eigenvalue weighted by Crippen LogP contribution is 2.17. The van der Waals surface area contributed by atoms with E-state index in [9.17, 15) is 9.59 Å². The van der Waals surface area contributed by atoms with Crippen LogP contribution >= 0.6 is 0 Å². The van der Waals surface area contributed by atoms with Gasteiger partial charge in [0, 0.05) is 6.42 Å². The molecule has 0 bridgehead atoms. The molecule has 0 aromatic rings. The first-order valence-electron chi connectivity index (χ1n) is 11.6. The molecule has 0 saturated carbocycles. The third-order valence-electron chi connectivity index (χ3n) is 4.92. The Hall–Kier alpha value is -1.32. The van der Waals surface area contributed by atoms with Crippen molar-refractivity contribution in [2.24, 2.45) is 5.92 Å². The second-order valence-electron chi connectivity index (χ2n) is 8.29. The maximum Gasteiger partial charge on any atom is 0.311 e. The van der Waals surface area contributed by atoms with E-state index in [1.165, 1.54) is 57.8 Å². The second kappa shape index (κ2) is 19.0. The number of esters is 1. The molecule has 0 aliphatic heterocycles. The van der Waals surface area contributed by atoms with Crippen molar-refractivity contribution in [1.82, 2.24) is 0 Å². The Labute approximate surface area is 173 Å². The molecule has 164 valence electrons. The number of carbonyl (C=O) groups is 2. The molecule has 0 amide bonds. The molecule has 1 N–H and O–H groups in total. The summed E-state index contributed by atoms with van der Waals surface area (Å²) in [5, 5.41) is 8.71. The van der Waals surface area contributed by atoms with Gasteiger partial charge in [-0.05, 0) is 31.3 Å². The van der Waals surface area contributed by atoms with Gasteiger partial charge in [-0.15, -0.1) is 0 Å². The molecule has 0 radical (unpaired) electrons. The van der Waals surface area contributed by atoms with Gasteiger partial charge in [0.1, 0.15) is 5.76 Å². The van der Waals surface area contributed by atoms with Crippen molar-refractivity contribution >= 4 is 11.9 Å². The topological polar surface area (TPSA) is 63.6 Å². The summed E-state index contributed by atoms with van der Waals surface area (Å²) >= 11 is 0. The molecule has 0 aromatic carbocycles. The molecule has 0 spiro atoms. The van der Waals surface area contributed by atoms with Gasteiger partial charge in [0.15, 0.2) is 0 Å². The summed E-state index contributed by atoms with van der Waals surface area (Å²) in [5.41, 5.74) is 0. The summed E-state index contributed by atoms with van der Waals surface area (Å²) in [4.78, 5) is 22.5. The highest BCUT2D eigenvalue weighted by molar-refractivity contribution is 5.77. The number of rotatable bonds is 19. The molecular weight excluding hydrogens is 352 g/mol. The smallest absolute Gasteiger partial charge is 0.311 e. The average Bonchev–Trinajstić information content (AvgIpc) is 2.64. The highest BCUT2D eigenvalue weighted by Gasteiger charge is 2.10. The van der Waals surface area contributed by atoms with Crippen LogP contribution in [0.25, 0.3) is 0 Å². The van der Waals surface area contributed by atoms with Gasteiger partial charge >= 0.3 is 11.9 Å². The predicted octanol–water partition coefficient (Wildman–Crippen LogP) is 7.42. The molecule has 0 rings (SSSR count). The van der Waals surface area contributed by atoms with Crippen LogP contribution in [0.2, 0.25) is 0 Å². The number of allylic oxidation sites excluding steroid dienone is 2. The van der Waals surface area contributed by atoms with Gasteiger partial charge in [0.05, 0.1) is 12.8 Å². The Morgan fingerprint density at radius 2 is 1.43 bits per heavy atom. The molecule has 4 nitrogen and oxygen atoms in total. The number of ether oxygens (including phenoxy) is 1. The van der Waals surface area contributed by atoms with Crippen LogP contribution in [0.1, 0.15) is 124 Å². The van der Waals surface area contributed by atoms with E-state index in [2.05, 4.69) is 26.8 Å². The monoisotopic (exact) mass is 396 g/mol. The zero-order valence-corrected chi connectivity index (χ0v) is 18.6. The van der Waals surface area contributed by atoms with E-state index in [0.29, 0.717) is 0 Å². The van der Waals surface area contributed by atoms with Gasteiger partial charge < -0.3 is 9.84 Å². The zero-order chi connectivity index (χ0) is 21.0. The van der Waals surface area contributed by atoms with Crippen molar-refractivity contribution in [3.63, 3.8) is 0 Å². The normalized spacial score (nSPS) is 11.8. The molecular formula is C24H44O4. The lowest BCUT2D eigenvalue weighted by Crippen LogP contribution is -2.07.